The number of nitrogens with one attached hydrogen (secondary N) is 2. The van der Waals surface area contributed by atoms with Gasteiger partial charge in [0.2, 0.25) is 16.9 Å². The maximum Gasteiger partial charge on any atom is 0.247 e. The number of hydrogen-bond donors (Lipinski definition) is 2. The first-order valence-corrected chi connectivity index (χ1v) is 9.13. The van der Waals surface area contributed by atoms with Gasteiger partial charge < -0.3 is 5.32 Å². The molecule has 1 heterocycles. The zero-order chi connectivity index (χ0) is 19.3. The Bertz CT molecular complexity index is 845. The highest BCUT2D eigenvalue weighted by Crippen LogP contribution is 2.21. The minimum Gasteiger partial charge on any atom is -0.300 e. The Kier molecular flexibility index (Phi) is 6.69. The number of carbonyl (C=O) groups excluding carboxylic acids is 2. The number of rotatable bonds is 5. The summed E-state index contributed by atoms with van der Waals surface area (Å²) in [6, 6.07) is 4.95. The van der Waals surface area contributed by atoms with Gasteiger partial charge in [-0.05, 0) is 12.1 Å². The largest absolute Gasteiger partial charge is 0.300 e. The van der Waals surface area contributed by atoms with Gasteiger partial charge in [0.25, 0.3) is 0 Å². The van der Waals surface area contributed by atoms with Crippen molar-refractivity contribution in [3.63, 3.8) is 0 Å². The lowest BCUT2D eigenvalue weighted by Gasteiger charge is -2.15. The monoisotopic (exact) mass is 413 g/mol. The van der Waals surface area contributed by atoms with Crippen LogP contribution in [0.5, 0.6) is 0 Å². The summed E-state index contributed by atoms with van der Waals surface area (Å²) in [7, 11) is 0. The van der Waals surface area contributed by atoms with Crippen LogP contribution in [0, 0.1) is 5.41 Å². The predicted molar refractivity (Wildman–Crippen MR) is 104 cm³/mol. The number of benzene rings is 1. The van der Waals surface area contributed by atoms with E-state index in [0.29, 0.717) is 25.7 Å². The molecular weight excluding hydrogens is 397 g/mol. The fourth-order valence-corrected chi connectivity index (χ4v) is 2.81. The van der Waals surface area contributed by atoms with Crippen molar-refractivity contribution < 1.29 is 9.59 Å². The quantitative estimate of drug-likeness (QED) is 0.578. The number of amides is 2. The van der Waals surface area contributed by atoms with Crippen LogP contribution in [0.25, 0.3) is 0 Å². The zero-order valence-corrected chi connectivity index (χ0v) is 16.7. The molecule has 0 radical (unpaired) electrons. The summed E-state index contributed by atoms with van der Waals surface area (Å²) in [4.78, 5) is 23.8. The van der Waals surface area contributed by atoms with Gasteiger partial charge in [-0.1, -0.05) is 61.4 Å². The molecule has 2 N–H and O–H groups in total. The average molecular weight is 414 g/mol. The lowest BCUT2D eigenvalue weighted by Crippen LogP contribution is -2.27. The minimum absolute atomic E-state index is 0.00521. The molecule has 1 aromatic carbocycles. The van der Waals surface area contributed by atoms with Crippen LogP contribution in [0.1, 0.15) is 31.3 Å². The van der Waals surface area contributed by atoms with E-state index in [9.17, 15) is 9.59 Å². The second-order valence-corrected chi connectivity index (χ2v) is 8.25. The lowest BCUT2D eigenvalue weighted by atomic mass is 9.96. The number of halogens is 2. The molecule has 0 saturated carbocycles. The van der Waals surface area contributed by atoms with Crippen LogP contribution in [-0.4, -0.2) is 28.2 Å². The highest BCUT2D eigenvalue weighted by atomic mass is 35.5. The summed E-state index contributed by atoms with van der Waals surface area (Å²) in [5.41, 5.74) is 2.47. The predicted octanol–water partition coefficient (Wildman–Crippen LogP) is 3.52. The number of nitrogens with zero attached hydrogens (tertiary/aromatic N) is 3. The molecule has 138 valence electrons. The molecule has 2 amide bonds. The van der Waals surface area contributed by atoms with Crippen molar-refractivity contribution in [2.24, 2.45) is 10.5 Å². The SMILES string of the molecule is CC(C)(C)C(=O)Nc1nnc(CC(=O)N/N=C\c2ccc(Cl)cc2Cl)s1. The van der Waals surface area contributed by atoms with E-state index in [1.807, 2.05) is 0 Å². The van der Waals surface area contributed by atoms with Gasteiger partial charge >= 0.3 is 0 Å². The zero-order valence-electron chi connectivity index (χ0n) is 14.3. The molecule has 0 aliphatic rings. The maximum atomic E-state index is 11.9. The Balaban J connectivity index is 1.88. The van der Waals surface area contributed by atoms with Crippen molar-refractivity contribution in [1.82, 2.24) is 15.6 Å². The van der Waals surface area contributed by atoms with Crippen molar-refractivity contribution in [2.45, 2.75) is 27.2 Å². The number of aromatic nitrogens is 2. The summed E-state index contributed by atoms with van der Waals surface area (Å²) in [6.07, 6.45) is 1.42. The maximum absolute atomic E-state index is 11.9. The fourth-order valence-electron chi connectivity index (χ4n) is 1.62. The summed E-state index contributed by atoms with van der Waals surface area (Å²) < 4.78 is 0. The van der Waals surface area contributed by atoms with Crippen LogP contribution >= 0.6 is 34.5 Å². The first-order chi connectivity index (χ1) is 12.1. The molecule has 0 saturated heterocycles. The summed E-state index contributed by atoms with van der Waals surface area (Å²) in [5, 5.41) is 16.0. The first-order valence-electron chi connectivity index (χ1n) is 7.56. The first kappa shape index (κ1) is 20.3. The van der Waals surface area contributed by atoms with Crippen LogP contribution in [0.2, 0.25) is 10.0 Å². The molecule has 2 aromatic rings. The van der Waals surface area contributed by atoms with Crippen LogP contribution in [0.15, 0.2) is 23.3 Å². The Labute approximate surface area is 164 Å². The summed E-state index contributed by atoms with van der Waals surface area (Å²) >= 11 is 13.0. The Morgan fingerprint density at radius 1 is 1.27 bits per heavy atom. The van der Waals surface area contributed by atoms with E-state index in [1.54, 1.807) is 39.0 Å². The molecule has 0 spiro atoms. The second kappa shape index (κ2) is 8.57. The van der Waals surface area contributed by atoms with Gasteiger partial charge in [0, 0.05) is 16.0 Å². The Morgan fingerprint density at radius 3 is 2.65 bits per heavy atom. The molecule has 26 heavy (non-hydrogen) atoms. The molecular formula is C16H17Cl2N5O2S. The number of anilines is 1. The topological polar surface area (TPSA) is 96.3 Å². The molecule has 0 fully saturated rings. The number of hydrazone groups is 1. The summed E-state index contributed by atoms with van der Waals surface area (Å²) in [5.74, 6) is -0.537. The molecule has 0 aliphatic carbocycles. The van der Waals surface area contributed by atoms with E-state index in [4.69, 9.17) is 23.2 Å². The molecule has 2 rings (SSSR count). The smallest absolute Gasteiger partial charge is 0.247 e. The van der Waals surface area contributed by atoms with Crippen LogP contribution in [0.4, 0.5) is 5.13 Å². The standard InChI is InChI=1S/C16H17Cl2N5O2S/c1-16(2,3)14(25)20-15-23-22-13(26-15)7-12(24)21-19-8-9-4-5-10(17)6-11(9)18/h4-6,8H,7H2,1-3H3,(H,21,24)(H,20,23,25)/b19-8-. The second-order valence-electron chi connectivity index (χ2n) is 6.34. The van der Waals surface area contributed by atoms with Crippen molar-refractivity contribution in [2.75, 3.05) is 5.32 Å². The van der Waals surface area contributed by atoms with Crippen LogP contribution in [-0.2, 0) is 16.0 Å². The van der Waals surface area contributed by atoms with Crippen molar-refractivity contribution in [3.8, 4) is 0 Å². The third-order valence-corrected chi connectivity index (χ3v) is 4.44. The van der Waals surface area contributed by atoms with Gasteiger partial charge in [0.05, 0.1) is 17.7 Å². The fraction of sp³-hybridized carbons (Fsp3) is 0.312. The van der Waals surface area contributed by atoms with Gasteiger partial charge in [-0.15, -0.1) is 10.2 Å². The van der Waals surface area contributed by atoms with Crippen molar-refractivity contribution in [1.29, 1.82) is 0 Å². The van der Waals surface area contributed by atoms with Crippen molar-refractivity contribution in [3.05, 3.63) is 38.8 Å². The Hall–Kier alpha value is -2.03. The molecule has 0 aliphatic heterocycles. The van der Waals surface area contributed by atoms with E-state index >= 15 is 0 Å². The third kappa shape index (κ3) is 6.05. The van der Waals surface area contributed by atoms with E-state index in [1.165, 1.54) is 6.21 Å². The highest BCUT2D eigenvalue weighted by Gasteiger charge is 2.22. The molecule has 0 bridgehead atoms. The Morgan fingerprint density at radius 2 is 2.00 bits per heavy atom. The number of hydrogen-bond acceptors (Lipinski definition) is 6. The minimum atomic E-state index is -0.541. The van der Waals surface area contributed by atoms with E-state index in [0.717, 1.165) is 11.3 Å². The summed E-state index contributed by atoms with van der Waals surface area (Å²) in [6.45, 7) is 5.38. The molecule has 0 unspecified atom stereocenters. The third-order valence-electron chi connectivity index (χ3n) is 3.04. The lowest BCUT2D eigenvalue weighted by molar-refractivity contribution is -0.123. The normalized spacial score (nSPS) is 11.6. The van der Waals surface area contributed by atoms with Gasteiger partial charge in [-0.25, -0.2) is 5.43 Å². The average Bonchev–Trinajstić information content (AvgIpc) is 2.95. The number of carbonyl (C=O) groups is 2. The van der Waals surface area contributed by atoms with Gasteiger partial charge in [-0.2, -0.15) is 5.10 Å². The van der Waals surface area contributed by atoms with Gasteiger partial charge in [-0.3, -0.25) is 9.59 Å². The van der Waals surface area contributed by atoms with E-state index in [-0.39, 0.29) is 18.2 Å². The van der Waals surface area contributed by atoms with Crippen LogP contribution < -0.4 is 10.7 Å². The van der Waals surface area contributed by atoms with E-state index in [2.05, 4.69) is 26.0 Å². The molecule has 1 aromatic heterocycles. The van der Waals surface area contributed by atoms with Crippen molar-refractivity contribution >= 4 is 57.7 Å². The van der Waals surface area contributed by atoms with E-state index < -0.39 is 5.41 Å². The van der Waals surface area contributed by atoms with Gasteiger partial charge in [0.1, 0.15) is 5.01 Å². The van der Waals surface area contributed by atoms with Crippen LogP contribution in [0.3, 0.4) is 0 Å². The molecule has 0 atom stereocenters. The van der Waals surface area contributed by atoms with Gasteiger partial charge in [0.15, 0.2) is 0 Å². The highest BCUT2D eigenvalue weighted by molar-refractivity contribution is 7.15. The molecule has 7 nitrogen and oxygen atoms in total. The molecule has 10 heteroatoms.